The van der Waals surface area contributed by atoms with Gasteiger partial charge in [0.05, 0.1) is 5.69 Å². The van der Waals surface area contributed by atoms with Gasteiger partial charge in [-0.3, -0.25) is 0 Å². The molecule has 1 rings (SSSR count). The summed E-state index contributed by atoms with van der Waals surface area (Å²) in [5.41, 5.74) is 8.27. The average molecular weight is 279 g/mol. The summed E-state index contributed by atoms with van der Waals surface area (Å²) in [6.45, 7) is 9.37. The van der Waals surface area contributed by atoms with Gasteiger partial charge in [-0.1, -0.05) is 18.2 Å². The molecule has 0 aliphatic heterocycles. The largest absolute Gasteiger partial charge is 0.351 e. The summed E-state index contributed by atoms with van der Waals surface area (Å²) >= 11 is 5.42. The molecule has 0 aromatic heterocycles. The minimum atomic E-state index is -0.547. The van der Waals surface area contributed by atoms with Gasteiger partial charge in [-0.05, 0) is 51.0 Å². The predicted octanol–water partition coefficient (Wildman–Crippen LogP) is 2.82. The second-order valence-corrected chi connectivity index (χ2v) is 4.73. The second-order valence-electron chi connectivity index (χ2n) is 4.37. The number of thiocarbonyl (C=S) groups is 1. The number of nitrogens with zero attached hydrogens (tertiary/aromatic N) is 2. The molecular formula is C14H21N3OS. The lowest BCUT2D eigenvalue weighted by molar-refractivity contribution is 0.255. The van der Waals surface area contributed by atoms with Crippen molar-refractivity contribution in [1.82, 2.24) is 4.90 Å². The van der Waals surface area contributed by atoms with Gasteiger partial charge in [-0.25, -0.2) is 9.69 Å². The van der Waals surface area contributed by atoms with E-state index in [2.05, 4.69) is 0 Å². The normalized spacial score (nSPS) is 10.1. The number of hydrogen-bond acceptors (Lipinski definition) is 2. The number of hydrogen-bond donors (Lipinski definition) is 1. The van der Waals surface area contributed by atoms with Crippen LogP contribution in [0.5, 0.6) is 0 Å². The van der Waals surface area contributed by atoms with Gasteiger partial charge in [0.1, 0.15) is 0 Å². The molecule has 0 fully saturated rings. The first-order valence-corrected chi connectivity index (χ1v) is 6.79. The zero-order valence-corrected chi connectivity index (χ0v) is 12.8. The van der Waals surface area contributed by atoms with Gasteiger partial charge in [0.25, 0.3) is 0 Å². The summed E-state index contributed by atoms with van der Waals surface area (Å²) in [7, 11) is 0. The molecule has 5 heteroatoms. The molecule has 104 valence electrons. The Labute approximate surface area is 120 Å². The van der Waals surface area contributed by atoms with E-state index < -0.39 is 6.03 Å². The summed E-state index contributed by atoms with van der Waals surface area (Å²) in [4.78, 5) is 15.2. The van der Waals surface area contributed by atoms with Gasteiger partial charge in [-0.15, -0.1) is 0 Å². The molecule has 0 atom stereocenters. The fourth-order valence-corrected chi connectivity index (χ4v) is 2.53. The smallest absolute Gasteiger partial charge is 0.325 e. The van der Waals surface area contributed by atoms with E-state index in [-0.39, 0.29) is 0 Å². The van der Waals surface area contributed by atoms with Crippen LogP contribution < -0.4 is 10.6 Å². The Balaban J connectivity index is 3.29. The van der Waals surface area contributed by atoms with Crippen molar-refractivity contribution in [3.05, 3.63) is 29.3 Å². The Bertz CT molecular complexity index is 463. The van der Waals surface area contributed by atoms with Crippen molar-refractivity contribution in [2.45, 2.75) is 27.7 Å². The van der Waals surface area contributed by atoms with Crippen molar-refractivity contribution in [2.24, 2.45) is 5.73 Å². The van der Waals surface area contributed by atoms with Crippen LogP contribution in [0.15, 0.2) is 18.2 Å². The van der Waals surface area contributed by atoms with E-state index in [0.717, 1.165) is 29.9 Å². The van der Waals surface area contributed by atoms with Crippen LogP contribution in [0.2, 0.25) is 0 Å². The molecule has 19 heavy (non-hydrogen) atoms. The molecule has 0 unspecified atom stereocenters. The fourth-order valence-electron chi connectivity index (χ4n) is 2.09. The predicted molar refractivity (Wildman–Crippen MR) is 83.5 cm³/mol. The Hall–Kier alpha value is -1.62. The highest BCUT2D eigenvalue weighted by Gasteiger charge is 2.24. The van der Waals surface area contributed by atoms with Crippen LogP contribution in [0.1, 0.15) is 25.0 Å². The number of anilines is 1. The Morgan fingerprint density at radius 3 is 2.05 bits per heavy atom. The number of nitrogens with two attached hydrogens (primary N) is 1. The summed E-state index contributed by atoms with van der Waals surface area (Å²) < 4.78 is 0. The van der Waals surface area contributed by atoms with Gasteiger partial charge >= 0.3 is 6.03 Å². The summed E-state index contributed by atoms with van der Waals surface area (Å²) in [6, 6.07) is 5.30. The second kappa shape index (κ2) is 6.52. The monoisotopic (exact) mass is 279 g/mol. The van der Waals surface area contributed by atoms with Crippen LogP contribution in [-0.2, 0) is 0 Å². The SMILES string of the molecule is CCN(CC)C(=S)N(C(N)=O)c1c(C)cccc1C. The van der Waals surface area contributed by atoms with Crippen molar-refractivity contribution in [2.75, 3.05) is 18.0 Å². The molecule has 1 aromatic carbocycles. The molecule has 0 saturated carbocycles. The van der Waals surface area contributed by atoms with Crippen molar-refractivity contribution < 1.29 is 4.79 Å². The first-order chi connectivity index (χ1) is 8.93. The summed E-state index contributed by atoms with van der Waals surface area (Å²) in [5.74, 6) is 0. The highest BCUT2D eigenvalue weighted by atomic mass is 32.1. The third-order valence-electron chi connectivity index (χ3n) is 3.11. The molecule has 0 saturated heterocycles. The number of aryl methyl sites for hydroxylation is 2. The Morgan fingerprint density at radius 1 is 1.21 bits per heavy atom. The number of benzene rings is 1. The van der Waals surface area contributed by atoms with Crippen LogP contribution >= 0.6 is 12.2 Å². The minimum Gasteiger partial charge on any atom is -0.351 e. The quantitative estimate of drug-likeness (QED) is 0.866. The molecule has 0 aliphatic rings. The lowest BCUT2D eigenvalue weighted by atomic mass is 10.1. The number of carbonyl (C=O) groups is 1. The van der Waals surface area contributed by atoms with Gasteiger partial charge in [0, 0.05) is 13.1 Å². The molecule has 0 bridgehead atoms. The lowest BCUT2D eigenvalue weighted by Crippen LogP contribution is -2.49. The van der Waals surface area contributed by atoms with Gasteiger partial charge in [-0.2, -0.15) is 0 Å². The molecule has 2 N–H and O–H groups in total. The van der Waals surface area contributed by atoms with Crippen LogP contribution in [0, 0.1) is 13.8 Å². The van der Waals surface area contributed by atoms with Crippen LogP contribution in [0.4, 0.5) is 10.5 Å². The molecule has 4 nitrogen and oxygen atoms in total. The number of urea groups is 1. The van der Waals surface area contributed by atoms with Crippen molar-refractivity contribution in [3.63, 3.8) is 0 Å². The molecule has 0 heterocycles. The maximum Gasteiger partial charge on any atom is 0.325 e. The zero-order valence-electron chi connectivity index (χ0n) is 11.9. The topological polar surface area (TPSA) is 49.6 Å². The molecule has 1 aromatic rings. The summed E-state index contributed by atoms with van der Waals surface area (Å²) in [6.07, 6.45) is 0. The maximum absolute atomic E-state index is 11.8. The highest BCUT2D eigenvalue weighted by molar-refractivity contribution is 7.80. The molecule has 2 amide bonds. The Kier molecular flexibility index (Phi) is 5.30. The first-order valence-electron chi connectivity index (χ1n) is 6.38. The molecular weight excluding hydrogens is 258 g/mol. The van der Waals surface area contributed by atoms with Gasteiger partial charge in [0.2, 0.25) is 0 Å². The standard InChI is InChI=1S/C14H21N3OS/c1-5-16(6-2)14(19)17(13(15)18)12-10(3)8-7-9-11(12)4/h7-9H,5-6H2,1-4H3,(H2,15,18). The van der Waals surface area contributed by atoms with Crippen molar-refractivity contribution in [3.8, 4) is 0 Å². The Morgan fingerprint density at radius 2 is 1.68 bits per heavy atom. The number of primary amides is 1. The van der Waals surface area contributed by atoms with E-state index in [1.165, 1.54) is 4.90 Å². The van der Waals surface area contributed by atoms with E-state index in [4.69, 9.17) is 18.0 Å². The van der Waals surface area contributed by atoms with Gasteiger partial charge in [0.15, 0.2) is 5.11 Å². The third-order valence-corrected chi connectivity index (χ3v) is 3.55. The van der Waals surface area contributed by atoms with Crippen LogP contribution in [-0.4, -0.2) is 29.1 Å². The highest BCUT2D eigenvalue weighted by Crippen LogP contribution is 2.25. The minimum absolute atomic E-state index is 0.454. The van der Waals surface area contributed by atoms with E-state index in [0.29, 0.717) is 5.11 Å². The lowest BCUT2D eigenvalue weighted by Gasteiger charge is -2.31. The molecule has 0 aliphatic carbocycles. The van der Waals surface area contributed by atoms with Crippen molar-refractivity contribution >= 4 is 29.0 Å². The van der Waals surface area contributed by atoms with Crippen LogP contribution in [0.3, 0.4) is 0 Å². The number of amides is 2. The summed E-state index contributed by atoms with van der Waals surface area (Å²) in [5, 5.41) is 0.454. The number of rotatable bonds is 3. The molecule has 0 spiro atoms. The van der Waals surface area contributed by atoms with E-state index in [1.54, 1.807) is 0 Å². The van der Waals surface area contributed by atoms with Crippen molar-refractivity contribution in [1.29, 1.82) is 0 Å². The third kappa shape index (κ3) is 3.23. The average Bonchev–Trinajstić information content (AvgIpc) is 2.34. The molecule has 0 radical (unpaired) electrons. The van der Waals surface area contributed by atoms with Gasteiger partial charge < -0.3 is 10.6 Å². The number of para-hydroxylation sites is 1. The first kappa shape index (κ1) is 15.4. The maximum atomic E-state index is 11.8. The fraction of sp³-hybridized carbons (Fsp3) is 0.429. The van der Waals surface area contributed by atoms with E-state index >= 15 is 0 Å². The van der Waals surface area contributed by atoms with E-state index in [1.807, 2.05) is 50.8 Å². The van der Waals surface area contributed by atoms with Crippen LogP contribution in [0.25, 0.3) is 0 Å². The number of carbonyl (C=O) groups excluding carboxylic acids is 1. The zero-order chi connectivity index (χ0) is 14.6. The van der Waals surface area contributed by atoms with E-state index in [9.17, 15) is 4.79 Å².